The third-order valence-electron chi connectivity index (χ3n) is 6.74. The van der Waals surface area contributed by atoms with Crippen LogP contribution in [-0.4, -0.2) is 18.1 Å². The predicted octanol–water partition coefficient (Wildman–Crippen LogP) is 5.36. The van der Waals surface area contributed by atoms with E-state index in [0.29, 0.717) is 10.8 Å². The lowest BCUT2D eigenvalue weighted by Crippen LogP contribution is -2.34. The molecule has 0 unspecified atom stereocenters. The van der Waals surface area contributed by atoms with Gasteiger partial charge in [-0.3, -0.25) is 10.1 Å². The molecule has 4 nitrogen and oxygen atoms in total. The van der Waals surface area contributed by atoms with E-state index < -0.39 is 0 Å². The van der Waals surface area contributed by atoms with Crippen LogP contribution in [0.4, 0.5) is 0 Å². The van der Waals surface area contributed by atoms with E-state index in [0.717, 1.165) is 16.9 Å². The van der Waals surface area contributed by atoms with Gasteiger partial charge in [0.15, 0.2) is 5.11 Å². The first-order valence-electron chi connectivity index (χ1n) is 10.7. The fourth-order valence-corrected chi connectivity index (χ4v) is 4.89. The number of carbonyl (C=O) groups is 1. The molecule has 2 aromatic carbocycles. The van der Waals surface area contributed by atoms with Gasteiger partial charge in [0.1, 0.15) is 11.4 Å². The zero-order valence-electron chi connectivity index (χ0n) is 19.1. The quantitative estimate of drug-likeness (QED) is 0.504. The first kappa shape index (κ1) is 21.6. The lowest BCUT2D eigenvalue weighted by Gasteiger charge is -2.42. The van der Waals surface area contributed by atoms with Crippen LogP contribution in [0.2, 0.25) is 0 Å². The third kappa shape index (κ3) is 3.87. The van der Waals surface area contributed by atoms with Crippen molar-refractivity contribution < 1.29 is 9.53 Å². The highest BCUT2D eigenvalue weighted by molar-refractivity contribution is 7.80. The van der Waals surface area contributed by atoms with Gasteiger partial charge in [0.2, 0.25) is 0 Å². The number of nitrogens with one attached hydrogen (secondary N) is 2. The molecule has 1 saturated heterocycles. The molecule has 1 aliphatic carbocycles. The van der Waals surface area contributed by atoms with Gasteiger partial charge in [-0.05, 0) is 94.9 Å². The van der Waals surface area contributed by atoms with Crippen molar-refractivity contribution >= 4 is 29.3 Å². The van der Waals surface area contributed by atoms with E-state index in [1.807, 2.05) is 18.2 Å². The van der Waals surface area contributed by atoms with Crippen LogP contribution in [0.1, 0.15) is 62.8 Å². The van der Waals surface area contributed by atoms with Crippen LogP contribution in [0.15, 0.2) is 36.0 Å². The Labute approximate surface area is 190 Å². The summed E-state index contributed by atoms with van der Waals surface area (Å²) in [5, 5.41) is 5.85. The summed E-state index contributed by atoms with van der Waals surface area (Å²) in [4.78, 5) is 12.1. The monoisotopic (exact) mass is 434 g/mol. The number of hydrogen-bond acceptors (Lipinski definition) is 3. The number of hydrogen-bond donors (Lipinski definition) is 2. The van der Waals surface area contributed by atoms with Crippen molar-refractivity contribution in [1.29, 1.82) is 0 Å². The van der Waals surface area contributed by atoms with Crippen LogP contribution >= 0.6 is 12.2 Å². The molecule has 2 aliphatic rings. The maximum absolute atomic E-state index is 12.1. The Kier molecular flexibility index (Phi) is 5.21. The molecule has 2 aromatic rings. The lowest BCUT2D eigenvalue weighted by atomic mass is 9.62. The summed E-state index contributed by atoms with van der Waals surface area (Å²) >= 11 is 5.04. The second-order valence-corrected chi connectivity index (χ2v) is 10.3. The molecule has 2 N–H and O–H groups in total. The van der Waals surface area contributed by atoms with Gasteiger partial charge in [0.05, 0.1) is 7.11 Å². The van der Waals surface area contributed by atoms with E-state index in [-0.39, 0.29) is 16.7 Å². The summed E-state index contributed by atoms with van der Waals surface area (Å²) in [5.41, 5.74) is 7.94. The number of carbonyl (C=O) groups excluding carboxylic acids is 1. The van der Waals surface area contributed by atoms with Gasteiger partial charge < -0.3 is 10.1 Å². The molecule has 162 valence electrons. The Balaban J connectivity index is 1.87. The van der Waals surface area contributed by atoms with Crippen LogP contribution in [0.25, 0.3) is 17.2 Å². The topological polar surface area (TPSA) is 50.4 Å². The molecule has 0 radical (unpaired) electrons. The van der Waals surface area contributed by atoms with Crippen molar-refractivity contribution in [3.05, 3.63) is 58.3 Å². The zero-order valence-corrected chi connectivity index (χ0v) is 19.9. The number of rotatable bonds is 3. The smallest absolute Gasteiger partial charge is 0.273 e. The second-order valence-electron chi connectivity index (χ2n) is 9.91. The van der Waals surface area contributed by atoms with Crippen molar-refractivity contribution in [2.45, 2.75) is 58.3 Å². The molecule has 1 heterocycles. The average molecular weight is 435 g/mol. The fourth-order valence-electron chi connectivity index (χ4n) is 4.69. The van der Waals surface area contributed by atoms with Crippen molar-refractivity contribution in [3.8, 4) is 16.9 Å². The molecule has 1 aliphatic heterocycles. The van der Waals surface area contributed by atoms with Crippen molar-refractivity contribution in [3.63, 3.8) is 0 Å². The molecule has 4 rings (SSSR count). The molecule has 0 atom stereocenters. The van der Waals surface area contributed by atoms with Gasteiger partial charge in [-0.2, -0.15) is 0 Å². The first-order chi connectivity index (χ1) is 14.5. The molecular formula is C26H30N2O2S. The van der Waals surface area contributed by atoms with Gasteiger partial charge in [-0.15, -0.1) is 0 Å². The molecule has 1 amide bonds. The standard InChI is InChI=1S/C26H30N2O2S/c1-15-11-19-20(26(4,5)10-9-25(19,2)3)14-17(15)18-12-16(7-8-22(18)30-6)13-21-23(29)28-24(31)27-21/h7-8,11-14H,9-10H2,1-6H3,(H2,27,28,29,31). The molecule has 31 heavy (non-hydrogen) atoms. The van der Waals surface area contributed by atoms with Crippen molar-refractivity contribution in [2.24, 2.45) is 0 Å². The van der Waals surface area contributed by atoms with Crippen molar-refractivity contribution in [2.75, 3.05) is 7.11 Å². The van der Waals surface area contributed by atoms with Crippen LogP contribution < -0.4 is 15.4 Å². The number of ether oxygens (including phenoxy) is 1. The zero-order chi connectivity index (χ0) is 22.6. The summed E-state index contributed by atoms with van der Waals surface area (Å²) in [6.45, 7) is 11.5. The van der Waals surface area contributed by atoms with E-state index in [4.69, 9.17) is 17.0 Å². The maximum atomic E-state index is 12.1. The maximum Gasteiger partial charge on any atom is 0.273 e. The van der Waals surface area contributed by atoms with Crippen LogP contribution in [0.3, 0.4) is 0 Å². The van der Waals surface area contributed by atoms with Gasteiger partial charge in [-0.1, -0.05) is 39.8 Å². The molecule has 0 aromatic heterocycles. The normalized spacial score (nSPS) is 20.3. The Morgan fingerprint density at radius 3 is 2.19 bits per heavy atom. The number of amides is 1. The van der Waals surface area contributed by atoms with Crippen LogP contribution in [0.5, 0.6) is 5.75 Å². The molecule has 0 saturated carbocycles. The Morgan fingerprint density at radius 2 is 1.61 bits per heavy atom. The lowest BCUT2D eigenvalue weighted by molar-refractivity contribution is -0.115. The minimum Gasteiger partial charge on any atom is -0.496 e. The molecule has 5 heteroatoms. The number of thiocarbonyl (C=S) groups is 1. The number of benzene rings is 2. The minimum absolute atomic E-state index is 0.127. The number of aryl methyl sites for hydroxylation is 1. The third-order valence-corrected chi connectivity index (χ3v) is 6.95. The van der Waals surface area contributed by atoms with Gasteiger partial charge >= 0.3 is 0 Å². The summed E-state index contributed by atoms with van der Waals surface area (Å²) < 4.78 is 5.72. The largest absolute Gasteiger partial charge is 0.496 e. The van der Waals surface area contributed by atoms with E-state index in [1.54, 1.807) is 7.11 Å². The molecule has 1 fully saturated rings. The predicted molar refractivity (Wildman–Crippen MR) is 130 cm³/mol. The molecule has 0 spiro atoms. The van der Waals surface area contributed by atoms with E-state index in [2.05, 4.69) is 63.5 Å². The Bertz CT molecular complexity index is 1130. The summed E-state index contributed by atoms with van der Waals surface area (Å²) in [5.74, 6) is 0.605. The van der Waals surface area contributed by atoms with Gasteiger partial charge in [0.25, 0.3) is 5.91 Å². The number of methoxy groups -OCH3 is 1. The molecular weight excluding hydrogens is 404 g/mol. The second kappa shape index (κ2) is 7.49. The SMILES string of the molecule is COc1ccc(C=C2NC(=S)NC2=O)cc1-c1cc2c(cc1C)C(C)(C)CCC2(C)C. The summed E-state index contributed by atoms with van der Waals surface area (Å²) in [6.07, 6.45) is 4.17. The Hall–Kier alpha value is -2.66. The number of fused-ring (bicyclic) bond motifs is 1. The minimum atomic E-state index is -0.212. The summed E-state index contributed by atoms with van der Waals surface area (Å²) in [7, 11) is 1.70. The van der Waals surface area contributed by atoms with E-state index in [9.17, 15) is 4.79 Å². The van der Waals surface area contributed by atoms with Crippen LogP contribution in [-0.2, 0) is 15.6 Å². The van der Waals surface area contributed by atoms with Crippen LogP contribution in [0, 0.1) is 6.92 Å². The highest BCUT2D eigenvalue weighted by Crippen LogP contribution is 2.48. The van der Waals surface area contributed by atoms with E-state index in [1.165, 1.54) is 35.1 Å². The van der Waals surface area contributed by atoms with E-state index >= 15 is 0 Å². The van der Waals surface area contributed by atoms with Gasteiger partial charge in [0, 0.05) is 5.56 Å². The Morgan fingerprint density at radius 1 is 0.968 bits per heavy atom. The van der Waals surface area contributed by atoms with Gasteiger partial charge in [-0.25, -0.2) is 0 Å². The summed E-state index contributed by atoms with van der Waals surface area (Å²) in [6, 6.07) is 10.7. The fraction of sp³-hybridized carbons (Fsp3) is 0.385. The van der Waals surface area contributed by atoms with Crippen molar-refractivity contribution in [1.82, 2.24) is 10.6 Å². The first-order valence-corrected chi connectivity index (χ1v) is 11.1. The molecule has 0 bridgehead atoms. The average Bonchev–Trinajstić information content (AvgIpc) is 3.02. The highest BCUT2D eigenvalue weighted by atomic mass is 32.1. The highest BCUT2D eigenvalue weighted by Gasteiger charge is 2.37.